The summed E-state index contributed by atoms with van der Waals surface area (Å²) >= 11 is 0. The first-order valence-electron chi connectivity index (χ1n) is 16.0. The zero-order valence-electron chi connectivity index (χ0n) is 28.6. The molecule has 2 heterocycles. The molecule has 6 N–H and O–H groups in total. The van der Waals surface area contributed by atoms with Crippen molar-refractivity contribution in [3.05, 3.63) is 96.1 Å². The van der Waals surface area contributed by atoms with Gasteiger partial charge in [0.2, 0.25) is 0 Å². The molecule has 2 amide bonds. The summed E-state index contributed by atoms with van der Waals surface area (Å²) in [5, 5.41) is 26.5. The lowest BCUT2D eigenvalue weighted by Gasteiger charge is -2.22. The van der Waals surface area contributed by atoms with Crippen LogP contribution < -0.4 is 19.2 Å². The molecule has 0 spiro atoms. The molecule has 56 heavy (non-hydrogen) atoms. The van der Waals surface area contributed by atoms with Gasteiger partial charge in [0.05, 0.1) is 43.9 Å². The number of urea groups is 1. The lowest BCUT2D eigenvalue weighted by Crippen LogP contribution is -2.22. The van der Waals surface area contributed by atoms with Gasteiger partial charge in [0, 0.05) is 10.8 Å². The number of hydrogen-bond acceptors (Lipinski definition) is 11. The SMILES string of the molecule is Cc1ccc2c(NC(=O)Nc3c4ccc(C)c3S(=O)(=O)N4c3cc(S(=O)(=O)O)cc4cccc(O)c34)c1S(=O)(=O)N2c1cc(S(=O)(=O)O)cc2cccc(O)c12. The Hall–Kier alpha value is -5.97. The van der Waals surface area contributed by atoms with E-state index < -0.39 is 77.4 Å². The monoisotopic (exact) mass is 838 g/mol. The molecule has 0 atom stereocenters. The predicted octanol–water partition coefficient (Wildman–Crippen LogP) is 5.84. The van der Waals surface area contributed by atoms with Crippen molar-refractivity contribution in [1.29, 1.82) is 0 Å². The molecule has 288 valence electrons. The number of phenolic OH excluding ortho intramolecular Hbond substituents is 2. The number of carbonyl (C=O) groups is 1. The molecule has 6 aromatic carbocycles. The van der Waals surface area contributed by atoms with Crippen LogP contribution in [0.15, 0.2) is 105 Å². The Kier molecular flexibility index (Phi) is 7.93. The molecule has 6 aromatic rings. The molecule has 4 bridgehead atoms. The first kappa shape index (κ1) is 37.0. The van der Waals surface area contributed by atoms with E-state index in [4.69, 9.17) is 0 Å². The maximum absolute atomic E-state index is 14.3. The summed E-state index contributed by atoms with van der Waals surface area (Å²) in [5.41, 5.74) is -1.45. The maximum Gasteiger partial charge on any atom is 0.323 e. The van der Waals surface area contributed by atoms with E-state index in [-0.39, 0.29) is 66.8 Å². The van der Waals surface area contributed by atoms with E-state index in [0.29, 0.717) is 8.61 Å². The third-order valence-electron chi connectivity index (χ3n) is 9.42. The number of aryl methyl sites for hydroxylation is 2. The minimum atomic E-state index is -4.90. The molecule has 0 fully saturated rings. The Morgan fingerprint density at radius 2 is 0.946 bits per heavy atom. The molecule has 0 saturated heterocycles. The van der Waals surface area contributed by atoms with Crippen LogP contribution in [0, 0.1) is 13.8 Å². The number of rotatable bonds is 6. The second kappa shape index (κ2) is 12.0. The van der Waals surface area contributed by atoms with Crippen LogP contribution in [0.3, 0.4) is 0 Å². The second-order valence-electron chi connectivity index (χ2n) is 12.9. The Morgan fingerprint density at radius 1 is 0.571 bits per heavy atom. The minimum absolute atomic E-state index is 0.0567. The Bertz CT molecular complexity index is 3050. The van der Waals surface area contributed by atoms with Crippen molar-refractivity contribution in [3.8, 4) is 11.5 Å². The summed E-state index contributed by atoms with van der Waals surface area (Å²) in [4.78, 5) is 11.7. The number of nitrogens with zero attached hydrogens (tertiary/aromatic N) is 2. The lowest BCUT2D eigenvalue weighted by molar-refractivity contribution is 0.262. The van der Waals surface area contributed by atoms with E-state index in [0.717, 1.165) is 24.3 Å². The zero-order valence-corrected chi connectivity index (χ0v) is 31.8. The van der Waals surface area contributed by atoms with Crippen LogP contribution >= 0.6 is 0 Å². The Labute approximate surface area is 318 Å². The molecule has 0 unspecified atom stereocenters. The smallest absolute Gasteiger partial charge is 0.323 e. The van der Waals surface area contributed by atoms with Crippen molar-refractivity contribution in [2.75, 3.05) is 19.2 Å². The molecule has 0 aliphatic carbocycles. The van der Waals surface area contributed by atoms with E-state index in [2.05, 4.69) is 10.6 Å². The number of benzene rings is 6. The largest absolute Gasteiger partial charge is 0.507 e. The first-order chi connectivity index (χ1) is 26.1. The van der Waals surface area contributed by atoms with Crippen LogP contribution in [0.1, 0.15) is 11.1 Å². The van der Waals surface area contributed by atoms with E-state index in [9.17, 15) is 57.8 Å². The summed E-state index contributed by atoms with van der Waals surface area (Å²) in [6.07, 6.45) is 0. The summed E-state index contributed by atoms with van der Waals surface area (Å²) in [6, 6.07) is 16.2. The molecule has 0 radical (unpaired) electrons. The van der Waals surface area contributed by atoms with Crippen molar-refractivity contribution in [3.63, 3.8) is 0 Å². The van der Waals surface area contributed by atoms with E-state index in [1.807, 2.05) is 0 Å². The fraction of sp³-hybridized carbons (Fsp3) is 0.0571. The van der Waals surface area contributed by atoms with Crippen molar-refractivity contribution < 1.29 is 57.8 Å². The predicted molar refractivity (Wildman–Crippen MR) is 205 cm³/mol. The molecular weight excluding hydrogens is 813 g/mol. The lowest BCUT2D eigenvalue weighted by atomic mass is 10.1. The summed E-state index contributed by atoms with van der Waals surface area (Å²) < 4.78 is 127. The maximum atomic E-state index is 14.3. The van der Waals surface area contributed by atoms with Crippen LogP contribution in [0.5, 0.6) is 11.5 Å². The van der Waals surface area contributed by atoms with Gasteiger partial charge in [0.25, 0.3) is 40.3 Å². The van der Waals surface area contributed by atoms with Crippen molar-refractivity contribution >= 4 is 102 Å². The third kappa shape index (κ3) is 5.42. The van der Waals surface area contributed by atoms with Gasteiger partial charge >= 0.3 is 6.03 Å². The van der Waals surface area contributed by atoms with Crippen LogP contribution in [-0.2, 0) is 40.3 Å². The van der Waals surface area contributed by atoms with Gasteiger partial charge in [-0.05, 0) is 84.3 Å². The fourth-order valence-electron chi connectivity index (χ4n) is 7.15. The first-order valence-corrected chi connectivity index (χ1v) is 21.8. The molecule has 8 rings (SSSR count). The van der Waals surface area contributed by atoms with Gasteiger partial charge in [-0.25, -0.2) is 30.2 Å². The van der Waals surface area contributed by atoms with Crippen molar-refractivity contribution in [2.45, 2.75) is 33.4 Å². The quantitative estimate of drug-likeness (QED) is 0.108. The zero-order chi connectivity index (χ0) is 40.4. The van der Waals surface area contributed by atoms with Crippen molar-refractivity contribution in [2.24, 2.45) is 0 Å². The van der Waals surface area contributed by atoms with Crippen LogP contribution in [0.2, 0.25) is 0 Å². The molecular formula is C35H26N4O13S4. The molecule has 2 aliphatic rings. The van der Waals surface area contributed by atoms with Crippen LogP contribution in [0.4, 0.5) is 38.9 Å². The van der Waals surface area contributed by atoms with Gasteiger partial charge in [-0.3, -0.25) is 9.11 Å². The minimum Gasteiger partial charge on any atom is -0.507 e. The van der Waals surface area contributed by atoms with Gasteiger partial charge in [0.15, 0.2) is 0 Å². The van der Waals surface area contributed by atoms with Gasteiger partial charge in [-0.2, -0.15) is 16.8 Å². The summed E-state index contributed by atoms with van der Waals surface area (Å²) in [7, 11) is -19.1. The highest BCUT2D eigenvalue weighted by Gasteiger charge is 2.45. The second-order valence-corrected chi connectivity index (χ2v) is 19.2. The van der Waals surface area contributed by atoms with E-state index in [1.165, 1.54) is 74.5 Å². The van der Waals surface area contributed by atoms with Gasteiger partial charge in [-0.1, -0.05) is 36.4 Å². The van der Waals surface area contributed by atoms with E-state index >= 15 is 0 Å². The third-order valence-corrected chi connectivity index (χ3v) is 14.9. The highest BCUT2D eigenvalue weighted by Crippen LogP contribution is 2.54. The number of anilines is 6. The number of carbonyl (C=O) groups excluding carboxylic acids is 1. The molecule has 21 heteroatoms. The molecule has 0 aromatic heterocycles. The summed E-state index contributed by atoms with van der Waals surface area (Å²) in [6.45, 7) is 2.87. The molecule has 0 saturated carbocycles. The highest BCUT2D eigenvalue weighted by molar-refractivity contribution is 7.94. The average molecular weight is 839 g/mol. The Morgan fingerprint density at radius 3 is 1.30 bits per heavy atom. The van der Waals surface area contributed by atoms with E-state index in [1.54, 1.807) is 0 Å². The summed E-state index contributed by atoms with van der Waals surface area (Å²) in [5.74, 6) is -0.851. The number of hydrogen-bond donors (Lipinski definition) is 6. The normalized spacial score (nSPS) is 15.4. The number of nitrogens with one attached hydrogen (secondary N) is 2. The van der Waals surface area contributed by atoms with Gasteiger partial charge in [0.1, 0.15) is 21.3 Å². The van der Waals surface area contributed by atoms with Gasteiger partial charge < -0.3 is 20.8 Å². The number of aromatic hydroxyl groups is 2. The average Bonchev–Trinajstić information content (AvgIpc) is 3.34. The van der Waals surface area contributed by atoms with Crippen LogP contribution in [0.25, 0.3) is 21.5 Å². The van der Waals surface area contributed by atoms with Crippen LogP contribution in [-0.4, -0.2) is 59.0 Å². The molecule has 2 aliphatic heterocycles. The number of phenols is 2. The van der Waals surface area contributed by atoms with Gasteiger partial charge in [-0.15, -0.1) is 0 Å². The Balaban J connectivity index is 1.25. The van der Waals surface area contributed by atoms with Crippen molar-refractivity contribution in [1.82, 2.24) is 0 Å². The number of sulfonamides is 2. The standard InChI is InChI=1S/C35H26N4O13S4/c1-17-9-11-23-31(33(17)53(43,44)38(23)25-15-21(55(47,48)49)13-19-5-3-7-27(40)29(19)25)36-35(42)37-32-24-12-10-18(2)34(32)54(45,46)39(24)26-16-22(56(50,51)52)14-20-6-4-8-28(41)30(20)26/h3-16,40-41H,1-2H3,(H2,36,37,42)(H,47,48,49)(H,50,51,52). The fourth-order valence-corrected chi connectivity index (χ4v) is 12.0. The molecule has 17 nitrogen and oxygen atoms in total. The topological polar surface area (TPSA) is 265 Å². The number of fused-ring (bicyclic) bond motifs is 6. The number of amides is 2. The highest BCUT2D eigenvalue weighted by atomic mass is 32.2.